The number of anilines is 1. The molecule has 1 unspecified atom stereocenters. The summed E-state index contributed by atoms with van der Waals surface area (Å²) in [5.74, 6) is -0.292. The quantitative estimate of drug-likeness (QED) is 0.841. The average Bonchev–Trinajstić information content (AvgIpc) is 2.76. The maximum absolute atomic E-state index is 13.4. The summed E-state index contributed by atoms with van der Waals surface area (Å²) in [6.07, 6.45) is 3.58. The van der Waals surface area contributed by atoms with E-state index in [-0.39, 0.29) is 17.1 Å². The first-order chi connectivity index (χ1) is 8.15. The zero-order valence-electron chi connectivity index (χ0n) is 9.79. The lowest BCUT2D eigenvalue weighted by Gasteiger charge is -2.21. The second-order valence-electron chi connectivity index (χ2n) is 4.39. The van der Waals surface area contributed by atoms with Gasteiger partial charge in [-0.1, -0.05) is 0 Å². The summed E-state index contributed by atoms with van der Waals surface area (Å²) in [5, 5.41) is 3.08. The Bertz CT molecular complexity index is 382. The molecule has 0 bridgehead atoms. The number of rotatable bonds is 4. The van der Waals surface area contributed by atoms with Gasteiger partial charge in [0, 0.05) is 12.6 Å². The minimum Gasteiger partial charge on any atom is -0.364 e. The monoisotopic (exact) mass is 258 g/mol. The van der Waals surface area contributed by atoms with Crippen molar-refractivity contribution < 1.29 is 4.39 Å². The summed E-state index contributed by atoms with van der Waals surface area (Å²) in [7, 11) is 0. The number of nitrogens with one attached hydrogen (secondary N) is 1. The Morgan fingerprint density at radius 1 is 1.53 bits per heavy atom. The van der Waals surface area contributed by atoms with Gasteiger partial charge in [0.1, 0.15) is 0 Å². The van der Waals surface area contributed by atoms with E-state index in [2.05, 4.69) is 20.2 Å². The maximum Gasteiger partial charge on any atom is 0.224 e. The Morgan fingerprint density at radius 2 is 2.24 bits per heavy atom. The molecule has 1 aromatic heterocycles. The van der Waals surface area contributed by atoms with E-state index in [9.17, 15) is 4.39 Å². The van der Waals surface area contributed by atoms with E-state index in [0.717, 1.165) is 25.8 Å². The maximum atomic E-state index is 13.4. The molecule has 1 aromatic rings. The van der Waals surface area contributed by atoms with Gasteiger partial charge in [0.15, 0.2) is 11.6 Å². The number of aromatic nitrogens is 2. The van der Waals surface area contributed by atoms with Gasteiger partial charge in [-0.3, -0.25) is 0 Å². The fraction of sp³-hybridized carbons (Fsp3) is 0.636. The summed E-state index contributed by atoms with van der Waals surface area (Å²) in [6.45, 7) is 5.15. The summed E-state index contributed by atoms with van der Waals surface area (Å²) >= 11 is 5.63. The highest BCUT2D eigenvalue weighted by Crippen LogP contribution is 2.14. The van der Waals surface area contributed by atoms with Gasteiger partial charge in [-0.05, 0) is 44.5 Å². The van der Waals surface area contributed by atoms with Gasteiger partial charge < -0.3 is 10.2 Å². The van der Waals surface area contributed by atoms with Crippen LogP contribution in [0, 0.1) is 5.82 Å². The van der Waals surface area contributed by atoms with Gasteiger partial charge in [0.05, 0.1) is 6.20 Å². The Kier molecular flexibility index (Phi) is 4.12. The molecule has 2 rings (SSSR count). The van der Waals surface area contributed by atoms with Crippen molar-refractivity contribution in [2.45, 2.75) is 25.8 Å². The Labute approximate surface area is 105 Å². The van der Waals surface area contributed by atoms with Crippen LogP contribution in [0.15, 0.2) is 6.20 Å². The lowest BCUT2D eigenvalue weighted by Crippen LogP contribution is -2.33. The van der Waals surface area contributed by atoms with Crippen LogP contribution in [0.2, 0.25) is 5.28 Å². The summed E-state index contributed by atoms with van der Waals surface area (Å²) in [4.78, 5) is 9.78. The van der Waals surface area contributed by atoms with Crippen molar-refractivity contribution in [3.63, 3.8) is 0 Å². The minimum atomic E-state index is -0.470. The van der Waals surface area contributed by atoms with Crippen LogP contribution in [-0.2, 0) is 0 Å². The van der Waals surface area contributed by atoms with Crippen molar-refractivity contribution in [2.24, 2.45) is 0 Å². The molecule has 0 spiro atoms. The molecule has 0 aromatic carbocycles. The molecule has 6 heteroatoms. The van der Waals surface area contributed by atoms with E-state index in [1.807, 2.05) is 6.92 Å². The normalized spacial score (nSPS) is 18.3. The van der Waals surface area contributed by atoms with E-state index < -0.39 is 5.82 Å². The predicted molar refractivity (Wildman–Crippen MR) is 65.8 cm³/mol. The molecular weight excluding hydrogens is 243 g/mol. The third-order valence-corrected chi connectivity index (χ3v) is 3.01. The largest absolute Gasteiger partial charge is 0.364 e. The smallest absolute Gasteiger partial charge is 0.224 e. The molecule has 1 fully saturated rings. The third kappa shape index (κ3) is 3.51. The van der Waals surface area contributed by atoms with E-state index in [1.54, 1.807) is 0 Å². The lowest BCUT2D eigenvalue weighted by molar-refractivity contribution is 0.327. The molecule has 0 amide bonds. The van der Waals surface area contributed by atoms with Gasteiger partial charge in [0.2, 0.25) is 5.28 Å². The van der Waals surface area contributed by atoms with Crippen LogP contribution in [0.25, 0.3) is 0 Å². The van der Waals surface area contributed by atoms with Gasteiger partial charge >= 0.3 is 0 Å². The molecule has 0 aliphatic carbocycles. The number of halogens is 2. The lowest BCUT2D eigenvalue weighted by atomic mass is 10.3. The van der Waals surface area contributed by atoms with Crippen LogP contribution >= 0.6 is 11.6 Å². The predicted octanol–water partition coefficient (Wildman–Crippen LogP) is 2.17. The first-order valence-electron chi connectivity index (χ1n) is 5.82. The van der Waals surface area contributed by atoms with Crippen LogP contribution in [0.5, 0.6) is 0 Å². The Morgan fingerprint density at radius 3 is 2.94 bits per heavy atom. The van der Waals surface area contributed by atoms with Gasteiger partial charge in [0.25, 0.3) is 0 Å². The van der Waals surface area contributed by atoms with Crippen molar-refractivity contribution >= 4 is 17.4 Å². The molecule has 0 radical (unpaired) electrons. The second kappa shape index (κ2) is 5.60. The fourth-order valence-electron chi connectivity index (χ4n) is 2.08. The molecule has 4 nitrogen and oxygen atoms in total. The summed E-state index contributed by atoms with van der Waals surface area (Å²) in [5.41, 5.74) is 0. The molecule has 1 N–H and O–H groups in total. The molecule has 1 atom stereocenters. The minimum absolute atomic E-state index is 0.0577. The van der Waals surface area contributed by atoms with Crippen LogP contribution < -0.4 is 5.32 Å². The van der Waals surface area contributed by atoms with E-state index in [4.69, 9.17) is 11.6 Å². The molecule has 2 heterocycles. The van der Waals surface area contributed by atoms with Crippen LogP contribution in [0.4, 0.5) is 10.2 Å². The first kappa shape index (κ1) is 12.5. The number of likely N-dealkylation sites (tertiary alicyclic amines) is 1. The van der Waals surface area contributed by atoms with Gasteiger partial charge in [-0.15, -0.1) is 0 Å². The zero-order valence-corrected chi connectivity index (χ0v) is 10.5. The molecule has 1 saturated heterocycles. The average molecular weight is 259 g/mol. The van der Waals surface area contributed by atoms with Crippen molar-refractivity contribution in [3.8, 4) is 0 Å². The Balaban J connectivity index is 1.92. The Hall–Kier alpha value is -0.940. The van der Waals surface area contributed by atoms with Crippen LogP contribution in [0.3, 0.4) is 0 Å². The summed E-state index contributed by atoms with van der Waals surface area (Å²) in [6, 6.07) is 0.133. The molecule has 94 valence electrons. The third-order valence-electron chi connectivity index (χ3n) is 2.83. The standard InChI is InChI=1S/C11H16ClFN4/c1-8(7-17-4-2-3-5-17)15-10-9(13)6-14-11(12)16-10/h6,8H,2-5,7H2,1H3,(H,14,15,16). The van der Waals surface area contributed by atoms with Gasteiger partial charge in [-0.2, -0.15) is 4.98 Å². The van der Waals surface area contributed by atoms with Crippen molar-refractivity contribution in [3.05, 3.63) is 17.3 Å². The number of nitrogens with zero attached hydrogens (tertiary/aromatic N) is 3. The molecule has 1 aliphatic heterocycles. The molecular formula is C11H16ClFN4. The van der Waals surface area contributed by atoms with E-state index in [1.165, 1.54) is 12.8 Å². The van der Waals surface area contributed by atoms with Crippen molar-refractivity contribution in [2.75, 3.05) is 25.0 Å². The fourth-order valence-corrected chi connectivity index (χ4v) is 2.21. The molecule has 0 saturated carbocycles. The SMILES string of the molecule is CC(CN1CCCC1)Nc1nc(Cl)ncc1F. The van der Waals surface area contributed by atoms with E-state index in [0.29, 0.717) is 0 Å². The highest BCUT2D eigenvalue weighted by Gasteiger charge is 2.16. The topological polar surface area (TPSA) is 41.0 Å². The summed E-state index contributed by atoms with van der Waals surface area (Å²) < 4.78 is 13.4. The first-order valence-corrected chi connectivity index (χ1v) is 6.20. The van der Waals surface area contributed by atoms with E-state index >= 15 is 0 Å². The second-order valence-corrected chi connectivity index (χ2v) is 4.73. The van der Waals surface area contributed by atoms with Crippen LogP contribution in [-0.4, -0.2) is 40.5 Å². The van der Waals surface area contributed by atoms with Crippen molar-refractivity contribution in [1.82, 2.24) is 14.9 Å². The number of hydrogen-bond acceptors (Lipinski definition) is 4. The highest BCUT2D eigenvalue weighted by molar-refractivity contribution is 6.28. The zero-order chi connectivity index (χ0) is 12.3. The molecule has 1 aliphatic rings. The van der Waals surface area contributed by atoms with Gasteiger partial charge in [-0.25, -0.2) is 9.37 Å². The van der Waals surface area contributed by atoms with Crippen LogP contribution in [0.1, 0.15) is 19.8 Å². The highest BCUT2D eigenvalue weighted by atomic mass is 35.5. The molecule has 17 heavy (non-hydrogen) atoms. The van der Waals surface area contributed by atoms with Crippen molar-refractivity contribution in [1.29, 1.82) is 0 Å². The number of hydrogen-bond donors (Lipinski definition) is 1.